The fourth-order valence-electron chi connectivity index (χ4n) is 6.76. The van der Waals surface area contributed by atoms with Gasteiger partial charge in [0, 0.05) is 47.2 Å². The van der Waals surface area contributed by atoms with Crippen molar-refractivity contribution in [3.05, 3.63) is 88.6 Å². The molecule has 3 aromatic carbocycles. The van der Waals surface area contributed by atoms with Crippen LogP contribution in [0, 0.1) is 5.82 Å². The second kappa shape index (κ2) is 11.8. The molecule has 4 nitrogen and oxygen atoms in total. The zero-order valence-corrected chi connectivity index (χ0v) is 24.7. The van der Waals surface area contributed by atoms with Crippen molar-refractivity contribution in [2.24, 2.45) is 7.05 Å². The fraction of sp³-hybridized carbons (Fsp3) is 0.382. The van der Waals surface area contributed by atoms with E-state index in [1.54, 1.807) is 18.0 Å². The van der Waals surface area contributed by atoms with Gasteiger partial charge in [-0.1, -0.05) is 68.3 Å². The smallest absolute Gasteiger partial charge is 0.133 e. The lowest BCUT2D eigenvalue weighted by Gasteiger charge is -2.14. The molecule has 0 aliphatic carbocycles. The first-order chi connectivity index (χ1) is 19.6. The molecule has 6 rings (SSSR count). The number of nitrogens with one attached hydrogen (secondary N) is 1. The highest BCUT2D eigenvalue weighted by Gasteiger charge is 2.27. The fourth-order valence-corrected chi connectivity index (χ4v) is 7.42. The number of rotatable bonds is 7. The summed E-state index contributed by atoms with van der Waals surface area (Å²) in [5, 5.41) is 8.75. The van der Waals surface area contributed by atoms with Crippen LogP contribution in [-0.4, -0.2) is 20.1 Å². The van der Waals surface area contributed by atoms with Gasteiger partial charge < -0.3 is 4.57 Å². The van der Waals surface area contributed by atoms with Crippen molar-refractivity contribution in [2.45, 2.75) is 71.9 Å². The minimum absolute atomic E-state index is 0.146. The number of fused-ring (bicyclic) bond motifs is 3. The third kappa shape index (κ3) is 4.86. The van der Waals surface area contributed by atoms with Crippen molar-refractivity contribution in [2.75, 3.05) is 5.75 Å². The van der Waals surface area contributed by atoms with E-state index in [1.165, 1.54) is 33.0 Å². The molecule has 3 heterocycles. The topological polar surface area (TPSA) is 34.8 Å². The lowest BCUT2D eigenvalue weighted by atomic mass is 9.95. The first kappa shape index (κ1) is 27.1. The normalized spacial score (nSPS) is 14.0. The van der Waals surface area contributed by atoms with Crippen LogP contribution < -0.4 is 4.72 Å². The zero-order chi connectivity index (χ0) is 27.6. The van der Waals surface area contributed by atoms with Gasteiger partial charge in [-0.2, -0.15) is 5.10 Å². The summed E-state index contributed by atoms with van der Waals surface area (Å²) < 4.78 is 23.9. The Hall–Kier alpha value is -3.09. The quantitative estimate of drug-likeness (QED) is 0.163. The Morgan fingerprint density at radius 2 is 1.70 bits per heavy atom. The van der Waals surface area contributed by atoms with Crippen LogP contribution in [0.2, 0.25) is 0 Å². The van der Waals surface area contributed by atoms with Crippen molar-refractivity contribution in [1.82, 2.24) is 19.1 Å². The SMILES string of the molecule is CCc1c2c(nn1C)CNSCCCn1c(CC)c(CCCCc3cccc4ccccc34)c3ccc(F)c-2c31. The molecule has 0 radical (unpaired) electrons. The summed E-state index contributed by atoms with van der Waals surface area (Å²) in [7, 11) is 1.99. The highest BCUT2D eigenvalue weighted by molar-refractivity contribution is 7.97. The van der Waals surface area contributed by atoms with Crippen LogP contribution in [0.1, 0.15) is 61.3 Å². The van der Waals surface area contributed by atoms with Gasteiger partial charge in [-0.15, -0.1) is 0 Å². The van der Waals surface area contributed by atoms with Gasteiger partial charge in [0.15, 0.2) is 0 Å². The zero-order valence-electron chi connectivity index (χ0n) is 23.9. The van der Waals surface area contributed by atoms with Gasteiger partial charge in [-0.25, -0.2) is 4.39 Å². The molecule has 0 bridgehead atoms. The van der Waals surface area contributed by atoms with Crippen LogP contribution in [-0.2, 0) is 45.8 Å². The second-order valence-electron chi connectivity index (χ2n) is 10.9. The Kier molecular flexibility index (Phi) is 7.99. The van der Waals surface area contributed by atoms with Crippen molar-refractivity contribution < 1.29 is 4.39 Å². The van der Waals surface area contributed by atoms with Gasteiger partial charge in [-0.05, 0) is 79.0 Å². The molecule has 0 unspecified atom stereocenters. The summed E-state index contributed by atoms with van der Waals surface area (Å²) >= 11 is 1.75. The molecule has 0 fully saturated rings. The van der Waals surface area contributed by atoms with E-state index in [4.69, 9.17) is 5.10 Å². The largest absolute Gasteiger partial charge is 0.344 e. The summed E-state index contributed by atoms with van der Waals surface area (Å²) in [5.41, 5.74) is 9.01. The van der Waals surface area contributed by atoms with E-state index < -0.39 is 0 Å². The van der Waals surface area contributed by atoms with Crippen LogP contribution in [0.5, 0.6) is 0 Å². The van der Waals surface area contributed by atoms with Crippen LogP contribution in [0.25, 0.3) is 32.8 Å². The predicted molar refractivity (Wildman–Crippen MR) is 167 cm³/mol. The number of unbranched alkanes of at least 4 members (excludes halogenated alkanes) is 1. The Morgan fingerprint density at radius 3 is 2.55 bits per heavy atom. The van der Waals surface area contributed by atoms with Crippen molar-refractivity contribution in [3.8, 4) is 11.1 Å². The van der Waals surface area contributed by atoms with Gasteiger partial charge in [-0.3, -0.25) is 9.40 Å². The van der Waals surface area contributed by atoms with Gasteiger partial charge in [0.1, 0.15) is 5.82 Å². The van der Waals surface area contributed by atoms with E-state index in [0.717, 1.165) is 85.3 Å². The third-order valence-electron chi connectivity index (χ3n) is 8.53. The molecule has 1 N–H and O–H groups in total. The number of benzene rings is 3. The lowest BCUT2D eigenvalue weighted by molar-refractivity contribution is 0.628. The minimum Gasteiger partial charge on any atom is -0.344 e. The van der Waals surface area contributed by atoms with Gasteiger partial charge in [0.25, 0.3) is 0 Å². The minimum atomic E-state index is -0.146. The van der Waals surface area contributed by atoms with Crippen molar-refractivity contribution >= 4 is 33.6 Å². The van der Waals surface area contributed by atoms with Gasteiger partial charge in [0.05, 0.1) is 17.8 Å². The van der Waals surface area contributed by atoms with E-state index >= 15 is 4.39 Å². The summed E-state index contributed by atoms with van der Waals surface area (Å²) in [6, 6.07) is 19.1. The maximum atomic E-state index is 16.0. The number of hydrogen-bond donors (Lipinski definition) is 1. The van der Waals surface area contributed by atoms with Gasteiger partial charge >= 0.3 is 0 Å². The van der Waals surface area contributed by atoms with Crippen molar-refractivity contribution in [1.29, 1.82) is 0 Å². The summed E-state index contributed by atoms with van der Waals surface area (Å²) in [6.45, 7) is 5.92. The average Bonchev–Trinajstić information content (AvgIpc) is 3.44. The van der Waals surface area contributed by atoms with Crippen molar-refractivity contribution in [3.63, 3.8) is 0 Å². The maximum Gasteiger partial charge on any atom is 0.133 e. The number of nitrogens with zero attached hydrogens (tertiary/aromatic N) is 3. The molecule has 0 spiro atoms. The summed E-state index contributed by atoms with van der Waals surface area (Å²) in [6.07, 6.45) is 7.12. The third-order valence-corrected chi connectivity index (χ3v) is 9.37. The Balaban J connectivity index is 1.40. The van der Waals surface area contributed by atoms with Crippen LogP contribution in [0.3, 0.4) is 0 Å². The van der Waals surface area contributed by atoms with E-state index in [0.29, 0.717) is 6.54 Å². The molecular weight excluding hydrogens is 515 g/mol. The highest BCUT2D eigenvalue weighted by atomic mass is 32.2. The second-order valence-corrected chi connectivity index (χ2v) is 11.8. The highest BCUT2D eigenvalue weighted by Crippen LogP contribution is 2.41. The molecule has 0 amide bonds. The number of hydrogen-bond acceptors (Lipinski definition) is 3. The van der Waals surface area contributed by atoms with E-state index in [1.807, 2.05) is 17.8 Å². The standard InChI is InChI=1S/C34H39FN4S/c1-4-30-26(17-9-7-13-24-15-10-14-23-12-6-8-16-25(23)24)27-18-19-28(35)32-33-29(37-38(3)31(33)5-2)22-36-40-21-11-20-39(30)34(27)32/h6,8,10,12,14-16,18-19,36H,4-5,7,9,11,13,17,20-22H2,1-3H3. The number of aromatic nitrogens is 3. The predicted octanol–water partition coefficient (Wildman–Crippen LogP) is 8.17. The molecule has 40 heavy (non-hydrogen) atoms. The molecule has 5 aromatic rings. The molecule has 2 aromatic heterocycles. The Bertz CT molecular complexity index is 1660. The van der Waals surface area contributed by atoms with E-state index in [-0.39, 0.29) is 5.82 Å². The molecular formula is C34H39FN4S. The van der Waals surface area contributed by atoms with Crippen LogP contribution in [0.4, 0.5) is 4.39 Å². The van der Waals surface area contributed by atoms with E-state index in [9.17, 15) is 0 Å². The van der Waals surface area contributed by atoms with Gasteiger partial charge in [0.2, 0.25) is 0 Å². The summed E-state index contributed by atoms with van der Waals surface area (Å²) in [5.74, 6) is 0.865. The molecule has 0 saturated carbocycles. The molecule has 6 heteroatoms. The first-order valence-electron chi connectivity index (χ1n) is 14.8. The molecule has 1 aliphatic rings. The summed E-state index contributed by atoms with van der Waals surface area (Å²) in [4.78, 5) is 0. The Morgan fingerprint density at radius 1 is 0.900 bits per heavy atom. The lowest BCUT2D eigenvalue weighted by Crippen LogP contribution is -2.08. The average molecular weight is 555 g/mol. The van der Waals surface area contributed by atoms with Crippen LogP contribution in [0.15, 0.2) is 54.6 Å². The monoisotopic (exact) mass is 554 g/mol. The molecule has 208 valence electrons. The number of halogens is 1. The molecule has 0 saturated heterocycles. The molecule has 1 aliphatic heterocycles. The molecule has 0 atom stereocenters. The maximum absolute atomic E-state index is 16.0. The first-order valence-corrected chi connectivity index (χ1v) is 15.8. The number of aryl methyl sites for hydroxylation is 4. The Labute approximate surface area is 241 Å². The van der Waals surface area contributed by atoms with Crippen LogP contribution >= 0.6 is 11.9 Å². The van der Waals surface area contributed by atoms with E-state index in [2.05, 4.69) is 65.6 Å².